The summed E-state index contributed by atoms with van der Waals surface area (Å²) in [4.78, 5) is 16.2. The number of hydrogen-bond donors (Lipinski definition) is 0. The molecule has 0 saturated carbocycles. The minimum atomic E-state index is 0.205. The molecule has 2 rings (SSSR count). The molecule has 1 saturated heterocycles. The minimum Gasteiger partial charge on any atom is -0.326 e. The van der Waals surface area contributed by atoms with Crippen LogP contribution in [0, 0.1) is 6.92 Å². The molecule has 0 spiro atoms. The molecule has 19 heavy (non-hydrogen) atoms. The molecule has 1 aromatic rings. The van der Waals surface area contributed by atoms with Gasteiger partial charge in [-0.05, 0) is 45.1 Å². The molecule has 1 aromatic carbocycles. The first kappa shape index (κ1) is 14.4. The summed E-state index contributed by atoms with van der Waals surface area (Å²) in [7, 11) is 4.14. The van der Waals surface area contributed by atoms with Crippen LogP contribution in [0.4, 0.5) is 0 Å². The van der Waals surface area contributed by atoms with E-state index in [4.69, 9.17) is 0 Å². The van der Waals surface area contributed by atoms with Gasteiger partial charge < -0.3 is 9.80 Å². The van der Waals surface area contributed by atoms with Crippen LogP contribution in [0.25, 0.3) is 0 Å². The van der Waals surface area contributed by atoms with Crippen LogP contribution < -0.4 is 0 Å². The molecule has 1 heterocycles. The van der Waals surface area contributed by atoms with Gasteiger partial charge in [-0.15, -0.1) is 11.8 Å². The van der Waals surface area contributed by atoms with Crippen LogP contribution in [0.5, 0.6) is 0 Å². The number of amides is 1. The quantitative estimate of drug-likeness (QED) is 0.827. The zero-order valence-electron chi connectivity index (χ0n) is 11.9. The van der Waals surface area contributed by atoms with E-state index >= 15 is 0 Å². The Morgan fingerprint density at radius 2 is 2.11 bits per heavy atom. The second-order valence-corrected chi connectivity index (χ2v) is 6.33. The highest BCUT2D eigenvalue weighted by molar-refractivity contribution is 8.00. The zero-order chi connectivity index (χ0) is 13.8. The molecule has 1 aliphatic rings. The Kier molecular flexibility index (Phi) is 4.88. The number of aryl methyl sites for hydroxylation is 1. The third-order valence-electron chi connectivity index (χ3n) is 3.43. The van der Waals surface area contributed by atoms with E-state index in [1.807, 2.05) is 4.90 Å². The Morgan fingerprint density at radius 3 is 2.79 bits per heavy atom. The number of rotatable bonds is 5. The Hall–Kier alpha value is -1.00. The second-order valence-electron chi connectivity index (χ2n) is 5.26. The summed E-state index contributed by atoms with van der Waals surface area (Å²) >= 11 is 1.75. The Morgan fingerprint density at radius 1 is 1.37 bits per heavy atom. The van der Waals surface area contributed by atoms with E-state index in [9.17, 15) is 4.79 Å². The van der Waals surface area contributed by atoms with Gasteiger partial charge >= 0.3 is 0 Å². The fraction of sp³-hybridized carbons (Fsp3) is 0.533. The molecule has 3 nitrogen and oxygen atoms in total. The van der Waals surface area contributed by atoms with Crippen LogP contribution in [0.2, 0.25) is 0 Å². The molecule has 1 unspecified atom stereocenters. The van der Waals surface area contributed by atoms with Gasteiger partial charge in [0.25, 0.3) is 0 Å². The predicted octanol–water partition coefficient (Wildman–Crippen LogP) is 2.52. The minimum absolute atomic E-state index is 0.205. The number of benzene rings is 1. The van der Waals surface area contributed by atoms with Crippen LogP contribution in [0.15, 0.2) is 24.3 Å². The monoisotopic (exact) mass is 278 g/mol. The zero-order valence-corrected chi connectivity index (χ0v) is 12.7. The first-order valence-electron chi connectivity index (χ1n) is 6.71. The second kappa shape index (κ2) is 6.44. The highest BCUT2D eigenvalue weighted by Gasteiger charge is 2.32. The lowest BCUT2D eigenvalue weighted by atomic mass is 10.1. The van der Waals surface area contributed by atoms with Crippen molar-refractivity contribution in [2.24, 2.45) is 0 Å². The lowest BCUT2D eigenvalue weighted by Crippen LogP contribution is -2.31. The van der Waals surface area contributed by atoms with Gasteiger partial charge in [-0.3, -0.25) is 4.79 Å². The maximum Gasteiger partial charge on any atom is 0.233 e. The van der Waals surface area contributed by atoms with E-state index in [-0.39, 0.29) is 11.3 Å². The Bertz CT molecular complexity index is 448. The molecule has 1 atom stereocenters. The summed E-state index contributed by atoms with van der Waals surface area (Å²) in [6.45, 7) is 3.99. The van der Waals surface area contributed by atoms with Crippen LogP contribution in [-0.2, 0) is 4.79 Å². The van der Waals surface area contributed by atoms with E-state index in [0.717, 1.165) is 19.5 Å². The van der Waals surface area contributed by atoms with Gasteiger partial charge in [0.1, 0.15) is 5.37 Å². The average Bonchev–Trinajstić information content (AvgIpc) is 2.72. The van der Waals surface area contributed by atoms with Crippen LogP contribution in [-0.4, -0.2) is 48.6 Å². The highest BCUT2D eigenvalue weighted by atomic mass is 32.2. The lowest BCUT2D eigenvalue weighted by molar-refractivity contribution is -0.128. The summed E-state index contributed by atoms with van der Waals surface area (Å²) in [6, 6.07) is 8.38. The maximum atomic E-state index is 12.0. The number of carbonyl (C=O) groups excluding carboxylic acids is 1. The van der Waals surface area contributed by atoms with Gasteiger partial charge in [0, 0.05) is 6.54 Å². The first-order valence-corrected chi connectivity index (χ1v) is 7.76. The number of nitrogens with zero attached hydrogens (tertiary/aromatic N) is 2. The van der Waals surface area contributed by atoms with E-state index in [0.29, 0.717) is 5.75 Å². The number of hydrogen-bond acceptors (Lipinski definition) is 3. The molecule has 104 valence electrons. The van der Waals surface area contributed by atoms with Crippen molar-refractivity contribution < 1.29 is 4.79 Å². The smallest absolute Gasteiger partial charge is 0.233 e. The van der Waals surface area contributed by atoms with Gasteiger partial charge in [0.05, 0.1) is 5.75 Å². The molecule has 0 aliphatic carbocycles. The first-order chi connectivity index (χ1) is 9.09. The maximum absolute atomic E-state index is 12.0. The molecule has 0 N–H and O–H groups in total. The molecule has 0 radical (unpaired) electrons. The molecule has 4 heteroatoms. The predicted molar refractivity (Wildman–Crippen MR) is 81.3 cm³/mol. The molecule has 0 bridgehead atoms. The van der Waals surface area contributed by atoms with Gasteiger partial charge in [-0.25, -0.2) is 0 Å². The van der Waals surface area contributed by atoms with E-state index in [1.165, 1.54) is 11.1 Å². The van der Waals surface area contributed by atoms with Crippen LogP contribution in [0.1, 0.15) is 22.9 Å². The lowest BCUT2D eigenvalue weighted by Gasteiger charge is -2.26. The van der Waals surface area contributed by atoms with E-state index in [2.05, 4.69) is 50.2 Å². The average molecular weight is 278 g/mol. The fourth-order valence-electron chi connectivity index (χ4n) is 2.37. The van der Waals surface area contributed by atoms with Crippen molar-refractivity contribution in [2.45, 2.75) is 18.7 Å². The third-order valence-corrected chi connectivity index (χ3v) is 4.66. The van der Waals surface area contributed by atoms with Crippen molar-refractivity contribution in [3.8, 4) is 0 Å². The number of thioether (sulfide) groups is 1. The SMILES string of the molecule is Cc1ccccc1C1SCC(=O)N1CCCN(C)C. The molecular formula is C15H22N2OS. The van der Waals surface area contributed by atoms with Crippen molar-refractivity contribution >= 4 is 17.7 Å². The van der Waals surface area contributed by atoms with Crippen molar-refractivity contribution in [1.29, 1.82) is 0 Å². The van der Waals surface area contributed by atoms with Gasteiger partial charge in [-0.1, -0.05) is 24.3 Å². The number of carbonyl (C=O) groups is 1. The van der Waals surface area contributed by atoms with Gasteiger partial charge in [0.15, 0.2) is 0 Å². The molecule has 1 fully saturated rings. The molecule has 0 aromatic heterocycles. The fourth-order valence-corrected chi connectivity index (χ4v) is 3.69. The summed E-state index contributed by atoms with van der Waals surface area (Å²) in [5.41, 5.74) is 2.55. The van der Waals surface area contributed by atoms with Gasteiger partial charge in [0.2, 0.25) is 5.91 Å². The molecule has 1 amide bonds. The van der Waals surface area contributed by atoms with Gasteiger partial charge in [-0.2, -0.15) is 0 Å². The Balaban J connectivity index is 2.07. The standard InChI is InChI=1S/C15H22N2OS/c1-12-7-4-5-8-13(12)15-17(14(18)11-19-15)10-6-9-16(2)3/h4-5,7-8,15H,6,9-11H2,1-3H3. The van der Waals surface area contributed by atoms with Crippen LogP contribution in [0.3, 0.4) is 0 Å². The third kappa shape index (κ3) is 3.51. The summed E-state index contributed by atoms with van der Waals surface area (Å²) in [5.74, 6) is 0.887. The van der Waals surface area contributed by atoms with E-state index < -0.39 is 0 Å². The van der Waals surface area contributed by atoms with Crippen molar-refractivity contribution in [2.75, 3.05) is 32.9 Å². The van der Waals surface area contributed by atoms with E-state index in [1.54, 1.807) is 11.8 Å². The normalized spacial score (nSPS) is 19.5. The van der Waals surface area contributed by atoms with Crippen molar-refractivity contribution in [1.82, 2.24) is 9.80 Å². The van der Waals surface area contributed by atoms with Crippen LogP contribution >= 0.6 is 11.8 Å². The summed E-state index contributed by atoms with van der Waals surface area (Å²) in [6.07, 6.45) is 1.03. The highest BCUT2D eigenvalue weighted by Crippen LogP contribution is 2.39. The molecule has 1 aliphatic heterocycles. The van der Waals surface area contributed by atoms with Crippen molar-refractivity contribution in [3.05, 3.63) is 35.4 Å². The Labute approximate surface area is 120 Å². The largest absolute Gasteiger partial charge is 0.326 e. The summed E-state index contributed by atoms with van der Waals surface area (Å²) in [5, 5.41) is 0.205. The topological polar surface area (TPSA) is 23.6 Å². The van der Waals surface area contributed by atoms with Crippen molar-refractivity contribution in [3.63, 3.8) is 0 Å². The summed E-state index contributed by atoms with van der Waals surface area (Å²) < 4.78 is 0. The molecular weight excluding hydrogens is 256 g/mol.